The minimum Gasteiger partial charge on any atom is -0.480 e. The zero-order chi connectivity index (χ0) is 23.7. The summed E-state index contributed by atoms with van der Waals surface area (Å²) >= 11 is 0. The molecule has 1 aromatic carbocycles. The van der Waals surface area contributed by atoms with Crippen LogP contribution in [-0.4, -0.2) is 62.9 Å². The summed E-state index contributed by atoms with van der Waals surface area (Å²) in [5, 5.41) is 23.5. The fourth-order valence-electron chi connectivity index (χ4n) is 2.36. The van der Waals surface area contributed by atoms with E-state index in [-0.39, 0.29) is 47.9 Å². The van der Waals surface area contributed by atoms with Gasteiger partial charge in [-0.1, -0.05) is 18.2 Å². The maximum absolute atomic E-state index is 12.3. The lowest BCUT2D eigenvalue weighted by Gasteiger charge is -2.15. The quantitative estimate of drug-likeness (QED) is 0.114. The van der Waals surface area contributed by atoms with Crippen LogP contribution in [0.15, 0.2) is 51.8 Å². The number of guanidine groups is 1. The van der Waals surface area contributed by atoms with Crippen molar-refractivity contribution in [2.75, 3.05) is 19.6 Å². The SMILES string of the molecule is Cl.N=C(N)NCCNC(=O)c1ccc(C(=O)NCC(NS(=O)(=O)c2ccccc2)C(=O)O)o1. The monoisotopic (exact) mass is 502 g/mol. The molecule has 0 radical (unpaired) electrons. The predicted octanol–water partition coefficient (Wildman–Crippen LogP) is -0.924. The van der Waals surface area contributed by atoms with Crippen LogP contribution in [0, 0.1) is 5.41 Å². The third kappa shape index (κ3) is 8.44. The van der Waals surface area contributed by atoms with Gasteiger partial charge in [0.1, 0.15) is 6.04 Å². The van der Waals surface area contributed by atoms with Gasteiger partial charge >= 0.3 is 5.97 Å². The largest absolute Gasteiger partial charge is 0.480 e. The van der Waals surface area contributed by atoms with E-state index in [9.17, 15) is 27.9 Å². The summed E-state index contributed by atoms with van der Waals surface area (Å²) in [4.78, 5) is 35.5. The maximum Gasteiger partial charge on any atom is 0.323 e. The van der Waals surface area contributed by atoms with E-state index in [0.717, 1.165) is 0 Å². The molecule has 13 nitrogen and oxygen atoms in total. The number of carboxylic acid groups (broad SMARTS) is 1. The van der Waals surface area contributed by atoms with E-state index >= 15 is 0 Å². The molecule has 0 saturated carbocycles. The van der Waals surface area contributed by atoms with Crippen LogP contribution in [0.5, 0.6) is 0 Å². The van der Waals surface area contributed by atoms with Crippen molar-refractivity contribution in [3.63, 3.8) is 0 Å². The fourth-order valence-corrected chi connectivity index (χ4v) is 3.57. The number of carbonyl (C=O) groups is 3. The average molecular weight is 503 g/mol. The van der Waals surface area contributed by atoms with Crippen molar-refractivity contribution in [2.24, 2.45) is 5.73 Å². The Hall–Kier alpha value is -3.62. The van der Waals surface area contributed by atoms with Gasteiger partial charge in [-0.3, -0.25) is 19.8 Å². The molecule has 8 N–H and O–H groups in total. The molecule has 0 fully saturated rings. The number of sulfonamides is 1. The van der Waals surface area contributed by atoms with Crippen molar-refractivity contribution in [2.45, 2.75) is 10.9 Å². The van der Waals surface area contributed by atoms with Gasteiger partial charge in [-0.15, -0.1) is 12.4 Å². The van der Waals surface area contributed by atoms with Crippen LogP contribution >= 0.6 is 12.4 Å². The lowest BCUT2D eigenvalue weighted by Crippen LogP contribution is -2.48. The van der Waals surface area contributed by atoms with Crippen LogP contribution < -0.4 is 26.4 Å². The molecule has 1 atom stereocenters. The second-order valence-corrected chi connectivity index (χ2v) is 8.01. The minimum atomic E-state index is -4.13. The molecule has 15 heteroatoms. The van der Waals surface area contributed by atoms with E-state index < -0.39 is 40.4 Å². The zero-order valence-corrected chi connectivity index (χ0v) is 18.7. The summed E-state index contributed by atoms with van der Waals surface area (Å²) in [5.74, 6) is -3.64. The molecule has 0 aliphatic heterocycles. The van der Waals surface area contributed by atoms with Gasteiger partial charge in [0, 0.05) is 19.6 Å². The Morgan fingerprint density at radius 1 is 0.970 bits per heavy atom. The standard InChI is InChI=1S/C18H22N6O7S.ClH/c19-18(20)22-9-8-21-15(25)13-6-7-14(31-13)16(26)23-10-12(17(27)28)24-32(29,30)11-4-2-1-3-5-11;/h1-7,12,24H,8-10H2,(H,21,25)(H,23,26)(H,27,28)(H4,19,20,22);1H. The highest BCUT2D eigenvalue weighted by Gasteiger charge is 2.26. The number of carbonyl (C=O) groups excluding carboxylic acids is 2. The highest BCUT2D eigenvalue weighted by molar-refractivity contribution is 7.89. The smallest absolute Gasteiger partial charge is 0.323 e. The molecule has 180 valence electrons. The number of benzene rings is 1. The number of carboxylic acids is 1. The van der Waals surface area contributed by atoms with E-state index in [1.54, 1.807) is 6.07 Å². The molecule has 2 rings (SSSR count). The summed E-state index contributed by atoms with van der Waals surface area (Å²) in [6, 6.07) is 7.98. The van der Waals surface area contributed by atoms with Crippen molar-refractivity contribution < 1.29 is 32.3 Å². The van der Waals surface area contributed by atoms with Gasteiger partial charge in [-0.2, -0.15) is 4.72 Å². The van der Waals surface area contributed by atoms with Crippen LogP contribution in [0.1, 0.15) is 21.1 Å². The van der Waals surface area contributed by atoms with Crippen LogP contribution in [-0.2, 0) is 14.8 Å². The van der Waals surface area contributed by atoms with Crippen LogP contribution in [0.4, 0.5) is 0 Å². The number of furan rings is 1. The number of nitrogens with one attached hydrogen (secondary N) is 5. The fraction of sp³-hybridized carbons (Fsp3) is 0.222. The number of nitrogens with two attached hydrogens (primary N) is 1. The molecule has 0 saturated heterocycles. The van der Waals surface area contributed by atoms with Gasteiger partial charge in [-0.25, -0.2) is 8.42 Å². The van der Waals surface area contributed by atoms with Gasteiger partial charge in [0.05, 0.1) is 4.90 Å². The predicted molar refractivity (Wildman–Crippen MR) is 119 cm³/mol. The summed E-state index contributed by atoms with van der Waals surface area (Å²) in [6.07, 6.45) is 0. The Balaban J connectivity index is 0.00000544. The van der Waals surface area contributed by atoms with Gasteiger partial charge in [0.25, 0.3) is 11.8 Å². The summed E-state index contributed by atoms with van der Waals surface area (Å²) in [7, 11) is -4.13. The van der Waals surface area contributed by atoms with Crippen LogP contribution in [0.2, 0.25) is 0 Å². The lowest BCUT2D eigenvalue weighted by molar-refractivity contribution is -0.138. The number of amides is 2. The van der Waals surface area contributed by atoms with Crippen LogP contribution in [0.25, 0.3) is 0 Å². The Morgan fingerprint density at radius 2 is 1.52 bits per heavy atom. The Morgan fingerprint density at radius 3 is 2.06 bits per heavy atom. The topological polar surface area (TPSA) is 217 Å². The molecular formula is C18H23ClN6O7S. The number of hydrogen-bond acceptors (Lipinski definition) is 7. The molecule has 1 heterocycles. The summed E-state index contributed by atoms with van der Waals surface area (Å²) in [5.41, 5.74) is 5.11. The molecule has 0 aliphatic carbocycles. The molecule has 1 aromatic heterocycles. The number of aliphatic carboxylic acids is 1. The van der Waals surface area contributed by atoms with Gasteiger partial charge in [0.2, 0.25) is 10.0 Å². The first-order valence-electron chi connectivity index (χ1n) is 9.14. The first-order chi connectivity index (χ1) is 15.1. The third-order valence-corrected chi connectivity index (χ3v) is 5.38. The second-order valence-electron chi connectivity index (χ2n) is 6.30. The highest BCUT2D eigenvalue weighted by Crippen LogP contribution is 2.09. The molecule has 0 bridgehead atoms. The van der Waals surface area contributed by atoms with Crippen molar-refractivity contribution >= 4 is 46.2 Å². The van der Waals surface area contributed by atoms with Crippen molar-refractivity contribution in [1.29, 1.82) is 5.41 Å². The Kier molecular flexibility index (Phi) is 10.3. The van der Waals surface area contributed by atoms with E-state index in [1.807, 2.05) is 4.72 Å². The normalized spacial score (nSPS) is 11.5. The van der Waals surface area contributed by atoms with Crippen molar-refractivity contribution in [3.8, 4) is 0 Å². The molecular weight excluding hydrogens is 480 g/mol. The van der Waals surface area contributed by atoms with E-state index in [0.29, 0.717) is 0 Å². The first-order valence-corrected chi connectivity index (χ1v) is 10.6. The zero-order valence-electron chi connectivity index (χ0n) is 17.0. The molecule has 0 spiro atoms. The maximum atomic E-state index is 12.3. The molecule has 1 unspecified atom stereocenters. The Labute approximate surface area is 195 Å². The second kappa shape index (κ2) is 12.4. The Bertz CT molecular complexity index is 1090. The number of hydrogen-bond donors (Lipinski definition) is 7. The van der Waals surface area contributed by atoms with Crippen molar-refractivity contribution in [3.05, 3.63) is 54.0 Å². The third-order valence-electron chi connectivity index (χ3n) is 3.90. The summed E-state index contributed by atoms with van der Waals surface area (Å²) < 4.78 is 31.8. The first kappa shape index (κ1) is 27.4. The van der Waals surface area contributed by atoms with E-state index in [4.69, 9.17) is 15.6 Å². The van der Waals surface area contributed by atoms with Crippen LogP contribution in [0.3, 0.4) is 0 Å². The van der Waals surface area contributed by atoms with E-state index in [1.165, 1.54) is 36.4 Å². The minimum absolute atomic E-state index is 0. The van der Waals surface area contributed by atoms with Gasteiger partial charge in [0.15, 0.2) is 17.5 Å². The average Bonchev–Trinajstić information content (AvgIpc) is 3.24. The lowest BCUT2D eigenvalue weighted by atomic mass is 10.3. The van der Waals surface area contributed by atoms with Gasteiger partial charge < -0.3 is 31.2 Å². The molecule has 33 heavy (non-hydrogen) atoms. The molecule has 2 aromatic rings. The number of halogens is 1. The molecule has 0 aliphatic rings. The van der Waals surface area contributed by atoms with Gasteiger partial charge in [-0.05, 0) is 24.3 Å². The van der Waals surface area contributed by atoms with E-state index in [2.05, 4.69) is 16.0 Å². The number of rotatable bonds is 11. The van der Waals surface area contributed by atoms with Crippen molar-refractivity contribution in [1.82, 2.24) is 20.7 Å². The molecule has 2 amide bonds. The highest BCUT2D eigenvalue weighted by atomic mass is 35.5. The summed E-state index contributed by atoms with van der Waals surface area (Å²) in [6.45, 7) is -0.216.